The van der Waals surface area contributed by atoms with Crippen molar-refractivity contribution in [2.24, 2.45) is 0 Å². The highest BCUT2D eigenvalue weighted by atomic mass is 16.2. The molecule has 0 radical (unpaired) electrons. The Morgan fingerprint density at radius 3 is 2.13 bits per heavy atom. The van der Waals surface area contributed by atoms with Crippen LogP contribution in [0.5, 0.6) is 0 Å². The highest BCUT2D eigenvalue weighted by molar-refractivity contribution is 5.95. The molecule has 31 heavy (non-hydrogen) atoms. The fourth-order valence-electron chi connectivity index (χ4n) is 3.32. The number of benzene rings is 3. The Morgan fingerprint density at radius 2 is 1.48 bits per heavy atom. The van der Waals surface area contributed by atoms with E-state index in [1.165, 1.54) is 0 Å². The van der Waals surface area contributed by atoms with Gasteiger partial charge in [0.05, 0.1) is 6.42 Å². The van der Waals surface area contributed by atoms with E-state index in [2.05, 4.69) is 5.32 Å². The lowest BCUT2D eigenvalue weighted by Crippen LogP contribution is -2.38. The summed E-state index contributed by atoms with van der Waals surface area (Å²) in [6.07, 6.45) is 0.261. The maximum atomic E-state index is 13.1. The van der Waals surface area contributed by atoms with Crippen molar-refractivity contribution >= 4 is 23.2 Å². The van der Waals surface area contributed by atoms with Gasteiger partial charge in [-0.05, 0) is 47.9 Å². The van der Waals surface area contributed by atoms with Gasteiger partial charge < -0.3 is 15.1 Å². The third-order valence-corrected chi connectivity index (χ3v) is 5.18. The van der Waals surface area contributed by atoms with Crippen LogP contribution in [-0.4, -0.2) is 37.4 Å². The first kappa shape index (κ1) is 22.1. The molecule has 2 amide bonds. The third-order valence-electron chi connectivity index (χ3n) is 5.18. The van der Waals surface area contributed by atoms with Gasteiger partial charge in [0.25, 0.3) is 0 Å². The number of hydrogen-bond donors (Lipinski definition) is 1. The summed E-state index contributed by atoms with van der Waals surface area (Å²) in [6, 6.07) is 25.2. The van der Waals surface area contributed by atoms with Gasteiger partial charge in [0.1, 0.15) is 6.54 Å². The van der Waals surface area contributed by atoms with E-state index >= 15 is 0 Å². The summed E-state index contributed by atoms with van der Waals surface area (Å²) in [7, 11) is 3.94. The molecule has 0 heterocycles. The molecule has 0 bridgehead atoms. The van der Waals surface area contributed by atoms with E-state index in [-0.39, 0.29) is 24.8 Å². The first-order valence-corrected chi connectivity index (χ1v) is 10.4. The van der Waals surface area contributed by atoms with Crippen LogP contribution in [0.1, 0.15) is 16.7 Å². The molecule has 0 aliphatic carbocycles. The van der Waals surface area contributed by atoms with Gasteiger partial charge in [-0.3, -0.25) is 9.59 Å². The minimum absolute atomic E-state index is 0.00453. The van der Waals surface area contributed by atoms with Crippen molar-refractivity contribution in [1.82, 2.24) is 4.90 Å². The van der Waals surface area contributed by atoms with Crippen molar-refractivity contribution in [3.8, 4) is 0 Å². The SMILES string of the molecule is Cc1ccccc1CN(CC(=O)Nc1ccc(N(C)C)cc1)C(=O)Cc1ccccc1. The first-order chi connectivity index (χ1) is 14.9. The van der Waals surface area contributed by atoms with Gasteiger partial charge in [-0.25, -0.2) is 0 Å². The van der Waals surface area contributed by atoms with Gasteiger partial charge in [0, 0.05) is 32.0 Å². The lowest BCUT2D eigenvalue weighted by Gasteiger charge is -2.23. The van der Waals surface area contributed by atoms with Crippen molar-refractivity contribution in [3.05, 3.63) is 95.6 Å². The highest BCUT2D eigenvalue weighted by Crippen LogP contribution is 2.16. The second-order valence-electron chi connectivity index (χ2n) is 7.83. The number of rotatable bonds is 8. The van der Waals surface area contributed by atoms with Crippen LogP contribution in [0.25, 0.3) is 0 Å². The number of aryl methyl sites for hydroxylation is 1. The van der Waals surface area contributed by atoms with Crippen molar-refractivity contribution < 1.29 is 9.59 Å². The van der Waals surface area contributed by atoms with Gasteiger partial charge in [-0.1, -0.05) is 54.6 Å². The van der Waals surface area contributed by atoms with E-state index in [1.54, 1.807) is 4.90 Å². The number of hydrogen-bond acceptors (Lipinski definition) is 3. The van der Waals surface area contributed by atoms with Crippen molar-refractivity contribution in [3.63, 3.8) is 0 Å². The second-order valence-corrected chi connectivity index (χ2v) is 7.83. The molecule has 0 atom stereocenters. The van der Waals surface area contributed by atoms with Crippen molar-refractivity contribution in [2.75, 3.05) is 30.9 Å². The van der Waals surface area contributed by atoms with Crippen LogP contribution in [0.3, 0.4) is 0 Å². The van der Waals surface area contributed by atoms with Crippen LogP contribution in [0, 0.1) is 6.92 Å². The largest absolute Gasteiger partial charge is 0.378 e. The minimum Gasteiger partial charge on any atom is -0.378 e. The lowest BCUT2D eigenvalue weighted by atomic mass is 10.1. The summed E-state index contributed by atoms with van der Waals surface area (Å²) in [4.78, 5) is 29.5. The predicted octanol–water partition coefficient (Wildman–Crippen LogP) is 4.27. The molecule has 0 unspecified atom stereocenters. The van der Waals surface area contributed by atoms with Crippen LogP contribution in [0.15, 0.2) is 78.9 Å². The van der Waals surface area contributed by atoms with E-state index in [0.29, 0.717) is 12.2 Å². The van der Waals surface area contributed by atoms with E-state index < -0.39 is 0 Å². The zero-order valence-corrected chi connectivity index (χ0v) is 18.3. The molecular formula is C26H29N3O2. The highest BCUT2D eigenvalue weighted by Gasteiger charge is 2.19. The molecule has 0 aliphatic rings. The smallest absolute Gasteiger partial charge is 0.244 e. The van der Waals surface area contributed by atoms with Crippen LogP contribution in [-0.2, 0) is 22.6 Å². The summed E-state index contributed by atoms with van der Waals surface area (Å²) in [5.74, 6) is -0.292. The lowest BCUT2D eigenvalue weighted by molar-refractivity contribution is -0.134. The molecule has 0 spiro atoms. The zero-order chi connectivity index (χ0) is 22.2. The number of carbonyl (C=O) groups excluding carboxylic acids is 2. The Bertz CT molecular complexity index is 1010. The molecule has 0 aliphatic heterocycles. The number of nitrogens with one attached hydrogen (secondary N) is 1. The molecule has 3 aromatic rings. The Morgan fingerprint density at radius 1 is 0.839 bits per heavy atom. The summed E-state index contributed by atoms with van der Waals surface area (Å²) in [5, 5.41) is 2.91. The molecule has 3 rings (SSSR count). The first-order valence-electron chi connectivity index (χ1n) is 10.4. The van der Waals surface area contributed by atoms with Crippen LogP contribution < -0.4 is 10.2 Å². The van der Waals surface area contributed by atoms with Crippen LogP contribution in [0.2, 0.25) is 0 Å². The summed E-state index contributed by atoms with van der Waals surface area (Å²) in [5.41, 5.74) is 4.83. The van der Waals surface area contributed by atoms with Gasteiger partial charge >= 0.3 is 0 Å². The molecule has 0 saturated heterocycles. The third kappa shape index (κ3) is 6.44. The average molecular weight is 416 g/mol. The molecule has 3 aromatic carbocycles. The molecule has 5 heteroatoms. The van der Waals surface area contributed by atoms with Gasteiger partial charge in [-0.15, -0.1) is 0 Å². The molecule has 0 fully saturated rings. The van der Waals surface area contributed by atoms with E-state index in [4.69, 9.17) is 0 Å². The molecule has 5 nitrogen and oxygen atoms in total. The number of anilines is 2. The van der Waals surface area contributed by atoms with Crippen molar-refractivity contribution in [1.29, 1.82) is 0 Å². The molecule has 1 N–H and O–H groups in total. The Labute approximate surface area is 184 Å². The van der Waals surface area contributed by atoms with E-state index in [1.807, 2.05) is 105 Å². The molecule has 0 saturated carbocycles. The average Bonchev–Trinajstić information content (AvgIpc) is 2.76. The van der Waals surface area contributed by atoms with Gasteiger partial charge in [-0.2, -0.15) is 0 Å². The minimum atomic E-state index is -0.215. The normalized spacial score (nSPS) is 10.4. The fourth-order valence-corrected chi connectivity index (χ4v) is 3.32. The topological polar surface area (TPSA) is 52.7 Å². The monoisotopic (exact) mass is 415 g/mol. The Hall–Kier alpha value is -3.60. The standard InChI is InChI=1S/C26H29N3O2/c1-20-9-7-8-12-22(20)18-29(26(31)17-21-10-5-4-6-11-21)19-25(30)27-23-13-15-24(16-14-23)28(2)3/h4-16H,17-19H2,1-3H3,(H,27,30). The zero-order valence-electron chi connectivity index (χ0n) is 18.3. The van der Waals surface area contributed by atoms with E-state index in [9.17, 15) is 9.59 Å². The summed E-state index contributed by atoms with van der Waals surface area (Å²) in [6.45, 7) is 2.41. The van der Waals surface area contributed by atoms with Crippen LogP contribution >= 0.6 is 0 Å². The van der Waals surface area contributed by atoms with E-state index in [0.717, 1.165) is 22.4 Å². The Balaban J connectivity index is 1.72. The maximum absolute atomic E-state index is 13.1. The quantitative estimate of drug-likeness (QED) is 0.598. The summed E-state index contributed by atoms with van der Waals surface area (Å²) >= 11 is 0. The molecule has 0 aromatic heterocycles. The number of nitrogens with zero attached hydrogens (tertiary/aromatic N) is 2. The Kier molecular flexibility index (Phi) is 7.44. The summed E-state index contributed by atoms with van der Waals surface area (Å²) < 4.78 is 0. The second kappa shape index (κ2) is 10.4. The molecular weight excluding hydrogens is 386 g/mol. The predicted molar refractivity (Wildman–Crippen MR) is 126 cm³/mol. The molecule has 160 valence electrons. The van der Waals surface area contributed by atoms with Gasteiger partial charge in [0.15, 0.2) is 0 Å². The van der Waals surface area contributed by atoms with Crippen molar-refractivity contribution in [2.45, 2.75) is 19.9 Å². The van der Waals surface area contributed by atoms with Gasteiger partial charge in [0.2, 0.25) is 11.8 Å². The fraction of sp³-hybridized carbons (Fsp3) is 0.231. The number of amides is 2. The van der Waals surface area contributed by atoms with Crippen LogP contribution in [0.4, 0.5) is 11.4 Å². The number of carbonyl (C=O) groups is 2. The maximum Gasteiger partial charge on any atom is 0.244 e.